The molecule has 1 aromatic carbocycles. The Balaban J connectivity index is 2.02. The van der Waals surface area contributed by atoms with Crippen molar-refractivity contribution < 1.29 is 0 Å². The van der Waals surface area contributed by atoms with Gasteiger partial charge in [0.15, 0.2) is 0 Å². The van der Waals surface area contributed by atoms with E-state index in [1.165, 1.54) is 24.1 Å². The van der Waals surface area contributed by atoms with Crippen LogP contribution >= 0.6 is 0 Å². The summed E-state index contributed by atoms with van der Waals surface area (Å²) in [5.41, 5.74) is 3.03. The Morgan fingerprint density at radius 3 is 2.87 bits per heavy atom. The number of nitrogens with zero attached hydrogens (tertiary/aromatic N) is 1. The van der Waals surface area contributed by atoms with Crippen LogP contribution in [0.5, 0.6) is 0 Å². The lowest BCUT2D eigenvalue weighted by molar-refractivity contribution is 0.235. The van der Waals surface area contributed by atoms with Gasteiger partial charge in [0, 0.05) is 19.6 Å². The summed E-state index contributed by atoms with van der Waals surface area (Å²) in [6.07, 6.45) is 3.24. The average molecular weight is 201 g/mol. The molecule has 0 spiro atoms. The number of hydrogen-bond acceptors (Lipinski definition) is 1. The van der Waals surface area contributed by atoms with Gasteiger partial charge in [0.2, 0.25) is 0 Å². The maximum Gasteiger partial charge on any atom is 0.0236 e. The Bertz CT molecular complexity index is 343. The average Bonchev–Trinajstić information content (AvgIpc) is 2.29. The van der Waals surface area contributed by atoms with Crippen molar-refractivity contribution in [2.24, 2.45) is 5.92 Å². The minimum Gasteiger partial charge on any atom is -0.298 e. The lowest BCUT2D eigenvalue weighted by Gasteiger charge is -2.30. The molecular weight excluding hydrogens is 182 g/mol. The highest BCUT2D eigenvalue weighted by Gasteiger charge is 2.16. The minimum absolute atomic E-state index is 0.593. The van der Waals surface area contributed by atoms with Crippen molar-refractivity contribution in [1.82, 2.24) is 4.90 Å². The second-order valence-corrected chi connectivity index (χ2v) is 4.47. The summed E-state index contributed by atoms with van der Waals surface area (Å²) in [6, 6.07) is 8.78. The van der Waals surface area contributed by atoms with Gasteiger partial charge in [-0.2, -0.15) is 0 Å². The molecule has 0 amide bonds. The van der Waals surface area contributed by atoms with E-state index in [9.17, 15) is 0 Å². The molecule has 0 bridgehead atoms. The highest BCUT2D eigenvalue weighted by Crippen LogP contribution is 2.19. The highest BCUT2D eigenvalue weighted by atomic mass is 15.1. The van der Waals surface area contributed by atoms with Gasteiger partial charge in [0.25, 0.3) is 0 Å². The molecule has 0 fully saturated rings. The standard InChI is InChI=1S/C14H19N/c1-3-12(2)10-15-9-8-13-6-4-5-7-14(13)11-15/h3-7,12H,1,8-11H2,2H3. The molecule has 15 heavy (non-hydrogen) atoms. The molecule has 1 heterocycles. The molecule has 1 atom stereocenters. The molecule has 1 aliphatic rings. The predicted molar refractivity (Wildman–Crippen MR) is 64.8 cm³/mol. The molecule has 80 valence electrons. The number of fused-ring (bicyclic) bond motifs is 1. The first-order valence-corrected chi connectivity index (χ1v) is 5.71. The van der Waals surface area contributed by atoms with Crippen LogP contribution < -0.4 is 0 Å². The molecular formula is C14H19N. The minimum atomic E-state index is 0.593. The van der Waals surface area contributed by atoms with Crippen LogP contribution in [0.1, 0.15) is 18.1 Å². The molecule has 1 heteroatoms. The monoisotopic (exact) mass is 201 g/mol. The third-order valence-corrected chi connectivity index (χ3v) is 3.16. The zero-order valence-corrected chi connectivity index (χ0v) is 9.45. The summed E-state index contributed by atoms with van der Waals surface area (Å²) in [7, 11) is 0. The SMILES string of the molecule is C=CC(C)CN1CCc2ccccc2C1. The Kier molecular flexibility index (Phi) is 3.22. The first kappa shape index (κ1) is 10.4. The molecule has 0 saturated heterocycles. The van der Waals surface area contributed by atoms with Crippen molar-refractivity contribution in [3.63, 3.8) is 0 Å². The first-order chi connectivity index (χ1) is 7.29. The highest BCUT2D eigenvalue weighted by molar-refractivity contribution is 5.29. The summed E-state index contributed by atoms with van der Waals surface area (Å²) < 4.78 is 0. The van der Waals surface area contributed by atoms with Crippen molar-refractivity contribution in [3.05, 3.63) is 48.0 Å². The van der Waals surface area contributed by atoms with E-state index in [0.29, 0.717) is 5.92 Å². The van der Waals surface area contributed by atoms with E-state index < -0.39 is 0 Å². The van der Waals surface area contributed by atoms with Gasteiger partial charge >= 0.3 is 0 Å². The molecule has 1 nitrogen and oxygen atoms in total. The van der Waals surface area contributed by atoms with Crippen LogP contribution in [0.15, 0.2) is 36.9 Å². The fraction of sp³-hybridized carbons (Fsp3) is 0.429. The fourth-order valence-corrected chi connectivity index (χ4v) is 2.19. The van der Waals surface area contributed by atoms with E-state index in [-0.39, 0.29) is 0 Å². The molecule has 0 radical (unpaired) electrons. The smallest absolute Gasteiger partial charge is 0.0236 e. The van der Waals surface area contributed by atoms with Crippen LogP contribution in [-0.4, -0.2) is 18.0 Å². The van der Waals surface area contributed by atoms with Gasteiger partial charge in [-0.15, -0.1) is 6.58 Å². The molecule has 0 saturated carbocycles. The first-order valence-electron chi connectivity index (χ1n) is 5.71. The molecule has 2 rings (SSSR count). The number of benzene rings is 1. The Morgan fingerprint density at radius 2 is 2.13 bits per heavy atom. The molecule has 1 unspecified atom stereocenters. The molecule has 1 aliphatic heterocycles. The van der Waals surface area contributed by atoms with Crippen LogP contribution in [0.3, 0.4) is 0 Å². The van der Waals surface area contributed by atoms with Gasteiger partial charge in [0.1, 0.15) is 0 Å². The zero-order valence-electron chi connectivity index (χ0n) is 9.45. The van der Waals surface area contributed by atoms with Gasteiger partial charge in [-0.25, -0.2) is 0 Å². The van der Waals surface area contributed by atoms with E-state index >= 15 is 0 Å². The normalized spacial score (nSPS) is 18.2. The largest absolute Gasteiger partial charge is 0.298 e. The van der Waals surface area contributed by atoms with Crippen molar-refractivity contribution in [3.8, 4) is 0 Å². The summed E-state index contributed by atoms with van der Waals surface area (Å²) >= 11 is 0. The summed E-state index contributed by atoms with van der Waals surface area (Å²) in [4.78, 5) is 2.52. The van der Waals surface area contributed by atoms with Gasteiger partial charge in [-0.3, -0.25) is 4.90 Å². The second kappa shape index (κ2) is 4.63. The summed E-state index contributed by atoms with van der Waals surface area (Å²) in [5, 5.41) is 0. The van der Waals surface area contributed by atoms with E-state index in [1.807, 2.05) is 6.08 Å². The maximum absolute atomic E-state index is 3.84. The number of rotatable bonds is 3. The molecule has 1 aromatic rings. The van der Waals surface area contributed by atoms with Crippen LogP contribution in [0.4, 0.5) is 0 Å². The Labute approximate surface area is 92.4 Å². The van der Waals surface area contributed by atoms with E-state index in [4.69, 9.17) is 0 Å². The van der Waals surface area contributed by atoms with E-state index in [1.54, 1.807) is 0 Å². The summed E-state index contributed by atoms with van der Waals surface area (Å²) in [5.74, 6) is 0.593. The van der Waals surface area contributed by atoms with E-state index in [0.717, 1.165) is 13.1 Å². The molecule has 0 aromatic heterocycles. The fourth-order valence-electron chi connectivity index (χ4n) is 2.19. The van der Waals surface area contributed by atoms with Gasteiger partial charge in [-0.1, -0.05) is 37.3 Å². The van der Waals surface area contributed by atoms with Crippen LogP contribution in [-0.2, 0) is 13.0 Å². The van der Waals surface area contributed by atoms with Crippen molar-refractivity contribution in [2.45, 2.75) is 19.9 Å². The zero-order chi connectivity index (χ0) is 10.7. The third-order valence-electron chi connectivity index (χ3n) is 3.16. The van der Waals surface area contributed by atoms with Crippen LogP contribution in [0, 0.1) is 5.92 Å². The lowest BCUT2D eigenvalue weighted by Crippen LogP contribution is -2.33. The third kappa shape index (κ3) is 2.48. The van der Waals surface area contributed by atoms with Gasteiger partial charge < -0.3 is 0 Å². The topological polar surface area (TPSA) is 3.24 Å². The van der Waals surface area contributed by atoms with Gasteiger partial charge in [0.05, 0.1) is 0 Å². The van der Waals surface area contributed by atoms with E-state index in [2.05, 4.69) is 42.7 Å². The quantitative estimate of drug-likeness (QED) is 0.680. The second-order valence-electron chi connectivity index (χ2n) is 4.47. The Morgan fingerprint density at radius 1 is 1.40 bits per heavy atom. The number of hydrogen-bond donors (Lipinski definition) is 0. The van der Waals surface area contributed by atoms with Crippen molar-refractivity contribution in [2.75, 3.05) is 13.1 Å². The lowest BCUT2D eigenvalue weighted by atomic mass is 9.99. The van der Waals surface area contributed by atoms with Crippen LogP contribution in [0.2, 0.25) is 0 Å². The molecule has 0 aliphatic carbocycles. The van der Waals surface area contributed by atoms with Gasteiger partial charge in [-0.05, 0) is 23.5 Å². The van der Waals surface area contributed by atoms with Crippen molar-refractivity contribution in [1.29, 1.82) is 0 Å². The summed E-state index contributed by atoms with van der Waals surface area (Å²) in [6.45, 7) is 9.51. The van der Waals surface area contributed by atoms with Crippen molar-refractivity contribution >= 4 is 0 Å². The van der Waals surface area contributed by atoms with Crippen LogP contribution in [0.25, 0.3) is 0 Å². The maximum atomic E-state index is 3.84. The Hall–Kier alpha value is -1.08. The molecule has 0 N–H and O–H groups in total. The predicted octanol–water partition coefficient (Wildman–Crippen LogP) is 2.87.